The molecule has 2 N–H and O–H groups in total. The topological polar surface area (TPSA) is 66.9 Å². The molecule has 5 heteroatoms. The standard InChI is InChI=1S/C23H20N4O/c28-23(27-16-20-7-3-6-18-5-1-2-9-22(18)20)26-13-17-11-21(15-25-12-17)19-8-4-10-24-14-19/h1-12,14-15H,13,16H2,(H2,26,27,28). The quantitative estimate of drug-likeness (QED) is 0.552. The van der Waals surface area contributed by atoms with Crippen molar-refractivity contribution in [2.24, 2.45) is 0 Å². The van der Waals surface area contributed by atoms with Crippen molar-refractivity contribution in [2.75, 3.05) is 0 Å². The lowest BCUT2D eigenvalue weighted by atomic mass is 10.0. The smallest absolute Gasteiger partial charge is 0.315 e. The molecule has 4 aromatic rings. The summed E-state index contributed by atoms with van der Waals surface area (Å²) in [5.41, 5.74) is 4.00. The predicted molar refractivity (Wildman–Crippen MR) is 110 cm³/mol. The van der Waals surface area contributed by atoms with E-state index in [1.807, 2.05) is 42.5 Å². The van der Waals surface area contributed by atoms with Gasteiger partial charge in [-0.1, -0.05) is 48.5 Å². The minimum atomic E-state index is -0.209. The molecule has 0 saturated heterocycles. The van der Waals surface area contributed by atoms with E-state index in [9.17, 15) is 4.79 Å². The second-order valence-corrected chi connectivity index (χ2v) is 6.50. The molecule has 2 aromatic carbocycles. The number of carbonyl (C=O) groups excluding carboxylic acids is 1. The summed E-state index contributed by atoms with van der Waals surface area (Å²) in [6.45, 7) is 0.879. The number of hydrogen-bond acceptors (Lipinski definition) is 3. The number of amides is 2. The van der Waals surface area contributed by atoms with Crippen LogP contribution in [0.25, 0.3) is 21.9 Å². The number of nitrogens with zero attached hydrogens (tertiary/aromatic N) is 2. The minimum absolute atomic E-state index is 0.209. The molecule has 2 heterocycles. The van der Waals surface area contributed by atoms with Crippen LogP contribution in [0.2, 0.25) is 0 Å². The van der Waals surface area contributed by atoms with Gasteiger partial charge in [0.25, 0.3) is 0 Å². The molecule has 0 fully saturated rings. The molecular formula is C23H20N4O. The van der Waals surface area contributed by atoms with E-state index in [1.165, 1.54) is 5.39 Å². The minimum Gasteiger partial charge on any atom is -0.334 e. The molecule has 138 valence electrons. The first-order valence-corrected chi connectivity index (χ1v) is 9.12. The van der Waals surface area contributed by atoms with Gasteiger partial charge in [-0.05, 0) is 34.0 Å². The fourth-order valence-corrected chi connectivity index (χ4v) is 3.14. The van der Waals surface area contributed by atoms with Crippen LogP contribution in [-0.4, -0.2) is 16.0 Å². The molecule has 0 radical (unpaired) electrons. The van der Waals surface area contributed by atoms with Crippen molar-refractivity contribution >= 4 is 16.8 Å². The summed E-state index contributed by atoms with van der Waals surface area (Å²) in [5.74, 6) is 0. The van der Waals surface area contributed by atoms with Crippen LogP contribution in [-0.2, 0) is 13.1 Å². The van der Waals surface area contributed by atoms with Crippen LogP contribution in [0, 0.1) is 0 Å². The zero-order valence-electron chi connectivity index (χ0n) is 15.3. The molecule has 0 unspecified atom stereocenters. The molecule has 28 heavy (non-hydrogen) atoms. The normalized spacial score (nSPS) is 10.6. The molecule has 0 saturated carbocycles. The Morgan fingerprint density at radius 3 is 2.50 bits per heavy atom. The Balaban J connectivity index is 1.36. The van der Waals surface area contributed by atoms with Crippen molar-refractivity contribution in [3.8, 4) is 11.1 Å². The van der Waals surface area contributed by atoms with Crippen molar-refractivity contribution in [2.45, 2.75) is 13.1 Å². The highest BCUT2D eigenvalue weighted by atomic mass is 16.2. The number of carbonyl (C=O) groups is 1. The maximum atomic E-state index is 12.2. The highest BCUT2D eigenvalue weighted by Gasteiger charge is 2.05. The van der Waals surface area contributed by atoms with Gasteiger partial charge in [0.2, 0.25) is 0 Å². The van der Waals surface area contributed by atoms with Gasteiger partial charge in [0.05, 0.1) is 0 Å². The van der Waals surface area contributed by atoms with E-state index in [4.69, 9.17) is 0 Å². The van der Waals surface area contributed by atoms with Gasteiger partial charge >= 0.3 is 6.03 Å². The Hall–Kier alpha value is -3.73. The van der Waals surface area contributed by atoms with Gasteiger partial charge in [-0.15, -0.1) is 0 Å². The molecule has 2 aromatic heterocycles. The third kappa shape index (κ3) is 4.15. The fourth-order valence-electron chi connectivity index (χ4n) is 3.14. The summed E-state index contributed by atoms with van der Waals surface area (Å²) in [5, 5.41) is 8.14. The first-order valence-electron chi connectivity index (χ1n) is 9.12. The zero-order chi connectivity index (χ0) is 19.2. The highest BCUT2D eigenvalue weighted by Crippen LogP contribution is 2.19. The summed E-state index contributed by atoms with van der Waals surface area (Å²) in [6, 6.07) is 19.9. The van der Waals surface area contributed by atoms with Crippen molar-refractivity contribution < 1.29 is 4.79 Å². The van der Waals surface area contributed by atoms with Crippen molar-refractivity contribution in [1.29, 1.82) is 0 Å². The number of urea groups is 1. The van der Waals surface area contributed by atoms with E-state index in [0.717, 1.165) is 27.6 Å². The number of hydrogen-bond donors (Lipinski definition) is 2. The maximum absolute atomic E-state index is 12.2. The third-order valence-electron chi connectivity index (χ3n) is 4.56. The number of aromatic nitrogens is 2. The highest BCUT2D eigenvalue weighted by molar-refractivity contribution is 5.86. The first kappa shape index (κ1) is 17.7. The predicted octanol–water partition coefficient (Wildman–Crippen LogP) is 4.30. The first-order chi connectivity index (χ1) is 13.8. The van der Waals surface area contributed by atoms with Gasteiger partial charge in [-0.3, -0.25) is 9.97 Å². The second kappa shape index (κ2) is 8.31. The summed E-state index contributed by atoms with van der Waals surface area (Å²) in [7, 11) is 0. The molecule has 0 aliphatic rings. The summed E-state index contributed by atoms with van der Waals surface area (Å²) < 4.78 is 0. The largest absolute Gasteiger partial charge is 0.334 e. The van der Waals surface area contributed by atoms with E-state index in [-0.39, 0.29) is 6.03 Å². The molecular weight excluding hydrogens is 348 g/mol. The number of benzene rings is 2. The van der Waals surface area contributed by atoms with Crippen LogP contribution in [0.15, 0.2) is 85.5 Å². The van der Waals surface area contributed by atoms with Crippen molar-refractivity contribution in [1.82, 2.24) is 20.6 Å². The number of fused-ring (bicyclic) bond motifs is 1. The third-order valence-corrected chi connectivity index (χ3v) is 4.56. The Morgan fingerprint density at radius 2 is 1.61 bits per heavy atom. The molecule has 0 aliphatic carbocycles. The van der Waals surface area contributed by atoms with Gasteiger partial charge in [0, 0.05) is 49.0 Å². The van der Waals surface area contributed by atoms with Gasteiger partial charge in [-0.25, -0.2) is 4.79 Å². The number of pyridine rings is 2. The summed E-state index contributed by atoms with van der Waals surface area (Å²) in [4.78, 5) is 20.6. The monoisotopic (exact) mass is 368 g/mol. The molecule has 4 rings (SSSR count). The van der Waals surface area contributed by atoms with Gasteiger partial charge in [0.1, 0.15) is 0 Å². The van der Waals surface area contributed by atoms with Crippen molar-refractivity contribution in [3.05, 3.63) is 96.6 Å². The molecule has 0 spiro atoms. The molecule has 0 bridgehead atoms. The number of nitrogens with one attached hydrogen (secondary N) is 2. The van der Waals surface area contributed by atoms with Crippen molar-refractivity contribution in [3.63, 3.8) is 0 Å². The molecule has 2 amide bonds. The summed E-state index contributed by atoms with van der Waals surface area (Å²) in [6.07, 6.45) is 7.08. The lowest BCUT2D eigenvalue weighted by Gasteiger charge is -2.10. The van der Waals surface area contributed by atoms with Gasteiger partial charge < -0.3 is 10.6 Å². The number of rotatable bonds is 5. The lowest BCUT2D eigenvalue weighted by molar-refractivity contribution is 0.240. The van der Waals surface area contributed by atoms with Crippen LogP contribution < -0.4 is 10.6 Å². The Bertz CT molecular complexity index is 1090. The molecule has 5 nitrogen and oxygen atoms in total. The van der Waals surface area contributed by atoms with Gasteiger partial charge in [-0.2, -0.15) is 0 Å². The summed E-state index contributed by atoms with van der Waals surface area (Å²) >= 11 is 0. The average molecular weight is 368 g/mol. The Kier molecular flexibility index (Phi) is 5.24. The Morgan fingerprint density at radius 1 is 0.786 bits per heavy atom. The van der Waals surface area contributed by atoms with Crippen LogP contribution in [0.4, 0.5) is 4.79 Å². The van der Waals surface area contributed by atoms with E-state index in [2.05, 4.69) is 38.8 Å². The van der Waals surface area contributed by atoms with Crippen LogP contribution in [0.3, 0.4) is 0 Å². The lowest BCUT2D eigenvalue weighted by Crippen LogP contribution is -2.34. The van der Waals surface area contributed by atoms with Crippen LogP contribution >= 0.6 is 0 Å². The van der Waals surface area contributed by atoms with E-state index in [0.29, 0.717) is 13.1 Å². The van der Waals surface area contributed by atoms with E-state index in [1.54, 1.807) is 24.8 Å². The average Bonchev–Trinajstić information content (AvgIpc) is 2.77. The van der Waals surface area contributed by atoms with E-state index >= 15 is 0 Å². The zero-order valence-corrected chi connectivity index (χ0v) is 15.3. The second-order valence-electron chi connectivity index (χ2n) is 6.50. The maximum Gasteiger partial charge on any atom is 0.315 e. The van der Waals surface area contributed by atoms with Crippen LogP contribution in [0.5, 0.6) is 0 Å². The Labute approximate surface area is 163 Å². The molecule has 0 aliphatic heterocycles. The van der Waals surface area contributed by atoms with Crippen LogP contribution in [0.1, 0.15) is 11.1 Å². The van der Waals surface area contributed by atoms with E-state index < -0.39 is 0 Å². The molecule has 0 atom stereocenters. The van der Waals surface area contributed by atoms with Gasteiger partial charge in [0.15, 0.2) is 0 Å². The fraction of sp³-hybridized carbons (Fsp3) is 0.0870. The SMILES string of the molecule is O=C(NCc1cncc(-c2cccnc2)c1)NCc1cccc2ccccc12.